The molecule has 0 unspecified atom stereocenters. The van der Waals surface area contributed by atoms with Crippen LogP contribution < -0.4 is 0 Å². The van der Waals surface area contributed by atoms with E-state index < -0.39 is 0 Å². The summed E-state index contributed by atoms with van der Waals surface area (Å²) in [5.41, 5.74) is 2.57. The maximum atomic E-state index is 8.78. The highest BCUT2D eigenvalue weighted by Gasteiger charge is 2.53. The lowest BCUT2D eigenvalue weighted by Gasteiger charge is -2.55. The number of nitrogens with zero attached hydrogens (tertiary/aromatic N) is 1. The lowest BCUT2D eigenvalue weighted by Crippen LogP contribution is -2.52. The summed E-state index contributed by atoms with van der Waals surface area (Å²) in [5.74, 6) is 1.20. The average molecular weight is 165 g/mol. The first-order valence-electron chi connectivity index (χ1n) is 4.47. The van der Waals surface area contributed by atoms with Gasteiger partial charge in [0.05, 0.1) is 5.71 Å². The summed E-state index contributed by atoms with van der Waals surface area (Å²) in [6.07, 6.45) is 3.21. The Balaban J connectivity index is 2.42. The molecule has 2 bridgehead atoms. The largest absolute Gasteiger partial charge is 0.411 e. The van der Waals surface area contributed by atoms with E-state index in [0.29, 0.717) is 17.3 Å². The summed E-state index contributed by atoms with van der Waals surface area (Å²) in [7, 11) is 0. The molecule has 0 amide bonds. The van der Waals surface area contributed by atoms with Gasteiger partial charge in [0.2, 0.25) is 0 Å². The molecule has 1 N–H and O–H groups in total. The Kier molecular flexibility index (Phi) is 1.39. The van der Waals surface area contributed by atoms with E-state index in [2.05, 4.69) is 25.9 Å². The predicted molar refractivity (Wildman–Crippen MR) is 48.4 cm³/mol. The molecule has 0 aromatic carbocycles. The fraction of sp³-hybridized carbons (Fsp3) is 0.700. The fourth-order valence-corrected chi connectivity index (χ4v) is 2.73. The minimum atomic E-state index is 0.320. The molecule has 2 atom stereocenters. The molecular formula is C10H15NO. The van der Waals surface area contributed by atoms with Crippen LogP contribution in [0.3, 0.4) is 0 Å². The van der Waals surface area contributed by atoms with Gasteiger partial charge in [-0.15, -0.1) is 0 Å². The van der Waals surface area contributed by atoms with E-state index in [9.17, 15) is 0 Å². The monoisotopic (exact) mass is 165 g/mol. The van der Waals surface area contributed by atoms with Crippen molar-refractivity contribution < 1.29 is 5.21 Å². The van der Waals surface area contributed by atoms with Gasteiger partial charge >= 0.3 is 0 Å². The Morgan fingerprint density at radius 3 is 2.58 bits per heavy atom. The molecule has 0 aliphatic heterocycles. The van der Waals surface area contributed by atoms with E-state index in [1.165, 1.54) is 12.0 Å². The van der Waals surface area contributed by atoms with Gasteiger partial charge in [-0.1, -0.05) is 24.6 Å². The molecule has 12 heavy (non-hydrogen) atoms. The van der Waals surface area contributed by atoms with Crippen LogP contribution in [0.2, 0.25) is 0 Å². The van der Waals surface area contributed by atoms with Crippen molar-refractivity contribution in [3.8, 4) is 0 Å². The molecule has 0 heterocycles. The second kappa shape index (κ2) is 2.12. The van der Waals surface area contributed by atoms with Gasteiger partial charge in [-0.3, -0.25) is 0 Å². The maximum absolute atomic E-state index is 8.78. The Morgan fingerprint density at radius 1 is 1.50 bits per heavy atom. The summed E-state index contributed by atoms with van der Waals surface area (Å²) in [5, 5.41) is 12.1. The standard InChI is InChI=1S/C10H15NO/c1-6-4-9(11-12)8-5-7(6)10(8,2)3/h4,7-8,12H,5H2,1-3H3/b11-9-/t7-,8+/m0/s1. The molecule has 66 valence electrons. The third-order valence-electron chi connectivity index (χ3n) is 3.67. The summed E-state index contributed by atoms with van der Waals surface area (Å²) < 4.78 is 0. The van der Waals surface area contributed by atoms with Gasteiger partial charge in [-0.2, -0.15) is 0 Å². The number of hydrogen-bond donors (Lipinski definition) is 1. The minimum absolute atomic E-state index is 0.320. The van der Waals surface area contributed by atoms with E-state index in [1.54, 1.807) is 0 Å². The van der Waals surface area contributed by atoms with Crippen LogP contribution in [-0.4, -0.2) is 10.9 Å². The normalized spacial score (nSPS) is 40.6. The molecule has 0 saturated heterocycles. The molecule has 3 aliphatic rings. The van der Waals surface area contributed by atoms with Crippen LogP contribution in [0.25, 0.3) is 0 Å². The van der Waals surface area contributed by atoms with E-state index in [4.69, 9.17) is 5.21 Å². The zero-order chi connectivity index (χ0) is 8.93. The van der Waals surface area contributed by atoms with Gasteiger partial charge in [0.1, 0.15) is 0 Å². The predicted octanol–water partition coefficient (Wildman–Crippen LogP) is 2.44. The zero-order valence-electron chi connectivity index (χ0n) is 7.83. The highest BCUT2D eigenvalue weighted by molar-refractivity contribution is 6.00. The molecule has 0 spiro atoms. The van der Waals surface area contributed by atoms with E-state index in [1.807, 2.05) is 6.08 Å². The molecule has 0 aromatic rings. The molecular weight excluding hydrogens is 150 g/mol. The molecule has 1 saturated carbocycles. The van der Waals surface area contributed by atoms with Crippen molar-refractivity contribution in [3.63, 3.8) is 0 Å². The molecule has 2 heteroatoms. The van der Waals surface area contributed by atoms with Crippen molar-refractivity contribution in [2.24, 2.45) is 22.4 Å². The molecule has 0 radical (unpaired) electrons. The Hall–Kier alpha value is -0.790. The van der Waals surface area contributed by atoms with Crippen molar-refractivity contribution in [2.45, 2.75) is 27.2 Å². The van der Waals surface area contributed by atoms with Gasteiger partial charge in [0.15, 0.2) is 0 Å². The summed E-state index contributed by atoms with van der Waals surface area (Å²) in [6.45, 7) is 6.65. The maximum Gasteiger partial charge on any atom is 0.0831 e. The Bertz CT molecular complexity index is 276. The zero-order valence-corrected chi connectivity index (χ0v) is 7.83. The smallest absolute Gasteiger partial charge is 0.0831 e. The first-order valence-corrected chi connectivity index (χ1v) is 4.47. The lowest BCUT2D eigenvalue weighted by atomic mass is 9.48. The van der Waals surface area contributed by atoms with Crippen LogP contribution >= 0.6 is 0 Å². The van der Waals surface area contributed by atoms with Crippen LogP contribution in [0, 0.1) is 17.3 Å². The average Bonchev–Trinajstić information content (AvgIpc) is 2.02. The van der Waals surface area contributed by atoms with Crippen molar-refractivity contribution in [1.82, 2.24) is 0 Å². The first-order chi connectivity index (χ1) is 5.57. The van der Waals surface area contributed by atoms with Crippen LogP contribution in [-0.2, 0) is 0 Å². The Labute approximate surface area is 73.0 Å². The van der Waals surface area contributed by atoms with Crippen molar-refractivity contribution in [2.75, 3.05) is 0 Å². The fourth-order valence-electron chi connectivity index (χ4n) is 2.73. The second-order valence-electron chi connectivity index (χ2n) is 4.58. The second-order valence-corrected chi connectivity index (χ2v) is 4.58. The third kappa shape index (κ3) is 0.728. The minimum Gasteiger partial charge on any atom is -0.411 e. The van der Waals surface area contributed by atoms with Crippen LogP contribution in [0.4, 0.5) is 0 Å². The van der Waals surface area contributed by atoms with E-state index in [-0.39, 0.29) is 0 Å². The van der Waals surface area contributed by atoms with Crippen LogP contribution in [0.1, 0.15) is 27.2 Å². The molecule has 1 fully saturated rings. The van der Waals surface area contributed by atoms with Gasteiger partial charge in [-0.25, -0.2) is 0 Å². The topological polar surface area (TPSA) is 32.6 Å². The summed E-state index contributed by atoms with van der Waals surface area (Å²) >= 11 is 0. The van der Waals surface area contributed by atoms with Crippen molar-refractivity contribution in [1.29, 1.82) is 0 Å². The number of fused-ring (bicyclic) bond motifs is 1. The number of oxime groups is 1. The highest BCUT2D eigenvalue weighted by atomic mass is 16.4. The van der Waals surface area contributed by atoms with E-state index in [0.717, 1.165) is 5.71 Å². The van der Waals surface area contributed by atoms with Crippen LogP contribution in [0.5, 0.6) is 0 Å². The number of rotatable bonds is 0. The summed E-state index contributed by atoms with van der Waals surface area (Å²) in [6, 6.07) is 0. The molecule has 3 aliphatic carbocycles. The van der Waals surface area contributed by atoms with Crippen LogP contribution in [0.15, 0.2) is 16.8 Å². The van der Waals surface area contributed by atoms with Gasteiger partial charge in [-0.05, 0) is 30.8 Å². The number of allylic oxidation sites excluding steroid dienone is 2. The van der Waals surface area contributed by atoms with Gasteiger partial charge < -0.3 is 5.21 Å². The quantitative estimate of drug-likeness (QED) is 0.434. The van der Waals surface area contributed by atoms with Gasteiger partial charge in [0, 0.05) is 5.92 Å². The van der Waals surface area contributed by atoms with E-state index >= 15 is 0 Å². The first kappa shape index (κ1) is 7.84. The van der Waals surface area contributed by atoms with Crippen molar-refractivity contribution in [3.05, 3.63) is 11.6 Å². The van der Waals surface area contributed by atoms with Gasteiger partial charge in [0.25, 0.3) is 0 Å². The third-order valence-corrected chi connectivity index (χ3v) is 3.67. The molecule has 0 aromatic heterocycles. The molecule has 3 rings (SSSR count). The SMILES string of the molecule is CC1=C/C(=N/O)[C@H]2C[C@@H]1C2(C)C. The Morgan fingerprint density at radius 2 is 2.17 bits per heavy atom. The van der Waals surface area contributed by atoms with Crippen molar-refractivity contribution >= 4 is 5.71 Å². The summed E-state index contributed by atoms with van der Waals surface area (Å²) in [4.78, 5) is 0. The lowest BCUT2D eigenvalue weighted by molar-refractivity contribution is 0.0446. The molecule has 2 nitrogen and oxygen atoms in total. The number of hydrogen-bond acceptors (Lipinski definition) is 2. The highest BCUT2D eigenvalue weighted by Crippen LogP contribution is 2.57.